The minimum atomic E-state index is -0.967. The molecule has 2 nitrogen and oxygen atoms in total. The second kappa shape index (κ2) is 5.99. The van der Waals surface area contributed by atoms with Gasteiger partial charge in [-0.05, 0) is 41.3 Å². The number of aliphatic carboxylic acids is 1. The van der Waals surface area contributed by atoms with Gasteiger partial charge in [-0.25, -0.2) is 13.2 Å². The Labute approximate surface area is 119 Å². The molecule has 0 fully saturated rings. The number of rotatable bonds is 4. The SMILES string of the molecule is CC(CC(=O)O)c1ccc(F)c(-c2cc(F)cc(F)c2)c1. The molecule has 1 atom stereocenters. The minimum Gasteiger partial charge on any atom is -0.481 e. The van der Waals surface area contributed by atoms with Crippen molar-refractivity contribution in [1.29, 1.82) is 0 Å². The van der Waals surface area contributed by atoms with Crippen molar-refractivity contribution in [2.45, 2.75) is 19.3 Å². The van der Waals surface area contributed by atoms with Crippen molar-refractivity contribution in [2.24, 2.45) is 0 Å². The summed E-state index contributed by atoms with van der Waals surface area (Å²) in [6, 6.07) is 6.85. The predicted octanol–water partition coefficient (Wildman–Crippen LogP) is 4.35. The van der Waals surface area contributed by atoms with Crippen LogP contribution in [0.2, 0.25) is 0 Å². The minimum absolute atomic E-state index is 0.0446. The van der Waals surface area contributed by atoms with Gasteiger partial charge in [0.25, 0.3) is 0 Å². The van der Waals surface area contributed by atoms with Crippen molar-refractivity contribution in [1.82, 2.24) is 0 Å². The van der Waals surface area contributed by atoms with Crippen LogP contribution in [0.15, 0.2) is 36.4 Å². The molecule has 1 N–H and O–H groups in total. The summed E-state index contributed by atoms with van der Waals surface area (Å²) in [5.74, 6) is -3.52. The third-order valence-corrected chi connectivity index (χ3v) is 3.21. The normalized spacial score (nSPS) is 12.2. The summed E-state index contributed by atoms with van der Waals surface area (Å²) in [5.41, 5.74) is 0.719. The van der Waals surface area contributed by atoms with Crippen molar-refractivity contribution >= 4 is 5.97 Å². The van der Waals surface area contributed by atoms with Crippen LogP contribution in [-0.4, -0.2) is 11.1 Å². The number of hydrogen-bond donors (Lipinski definition) is 1. The Balaban J connectivity index is 2.46. The summed E-state index contributed by atoms with van der Waals surface area (Å²) in [6.45, 7) is 1.69. The molecule has 0 amide bonds. The van der Waals surface area contributed by atoms with Gasteiger partial charge < -0.3 is 5.11 Å². The molecule has 0 heterocycles. The average Bonchev–Trinajstić information content (AvgIpc) is 2.37. The molecule has 0 aromatic heterocycles. The second-order valence-corrected chi connectivity index (χ2v) is 4.90. The summed E-state index contributed by atoms with van der Waals surface area (Å²) < 4.78 is 40.4. The summed E-state index contributed by atoms with van der Waals surface area (Å²) in [4.78, 5) is 10.7. The lowest BCUT2D eigenvalue weighted by Gasteiger charge is -2.12. The molecule has 0 aliphatic heterocycles. The van der Waals surface area contributed by atoms with E-state index < -0.39 is 23.4 Å². The summed E-state index contributed by atoms with van der Waals surface area (Å²) >= 11 is 0. The van der Waals surface area contributed by atoms with Crippen LogP contribution in [0.4, 0.5) is 13.2 Å². The van der Waals surface area contributed by atoms with Gasteiger partial charge in [0.1, 0.15) is 17.5 Å². The zero-order valence-electron chi connectivity index (χ0n) is 11.2. The van der Waals surface area contributed by atoms with Crippen molar-refractivity contribution in [3.05, 3.63) is 59.4 Å². The van der Waals surface area contributed by atoms with Crippen LogP contribution < -0.4 is 0 Å². The van der Waals surface area contributed by atoms with Crippen LogP contribution in [0.3, 0.4) is 0 Å². The molecule has 0 saturated heterocycles. The van der Waals surface area contributed by atoms with E-state index in [1.807, 2.05) is 0 Å². The standard InChI is InChI=1S/C16H13F3O2/c1-9(4-16(20)21)10-2-3-15(19)14(7-10)11-5-12(17)8-13(18)6-11/h2-3,5-9H,4H2,1H3,(H,20,21). The largest absolute Gasteiger partial charge is 0.481 e. The van der Waals surface area contributed by atoms with E-state index >= 15 is 0 Å². The monoisotopic (exact) mass is 294 g/mol. The Morgan fingerprint density at radius 3 is 2.29 bits per heavy atom. The molecule has 0 bridgehead atoms. The smallest absolute Gasteiger partial charge is 0.303 e. The molecule has 0 aliphatic carbocycles. The molecule has 2 rings (SSSR count). The van der Waals surface area contributed by atoms with E-state index in [2.05, 4.69) is 0 Å². The molecule has 110 valence electrons. The first-order valence-corrected chi connectivity index (χ1v) is 6.34. The fourth-order valence-corrected chi connectivity index (χ4v) is 2.16. The Morgan fingerprint density at radius 1 is 1.10 bits per heavy atom. The highest BCUT2D eigenvalue weighted by atomic mass is 19.1. The van der Waals surface area contributed by atoms with E-state index in [0.717, 1.165) is 12.1 Å². The number of benzene rings is 2. The van der Waals surface area contributed by atoms with Gasteiger partial charge in [-0.2, -0.15) is 0 Å². The number of carboxylic acids is 1. The second-order valence-electron chi connectivity index (χ2n) is 4.90. The van der Waals surface area contributed by atoms with Crippen LogP contribution in [0.1, 0.15) is 24.8 Å². The van der Waals surface area contributed by atoms with Crippen LogP contribution in [0, 0.1) is 17.5 Å². The van der Waals surface area contributed by atoms with E-state index in [1.165, 1.54) is 18.2 Å². The van der Waals surface area contributed by atoms with Gasteiger partial charge >= 0.3 is 5.97 Å². The van der Waals surface area contributed by atoms with Crippen LogP contribution >= 0.6 is 0 Å². The van der Waals surface area contributed by atoms with Crippen molar-refractivity contribution in [3.63, 3.8) is 0 Å². The average molecular weight is 294 g/mol. The molecule has 2 aromatic rings. The fourth-order valence-electron chi connectivity index (χ4n) is 2.16. The van der Waals surface area contributed by atoms with Gasteiger partial charge in [0, 0.05) is 11.6 Å². The highest BCUT2D eigenvalue weighted by molar-refractivity contribution is 5.69. The quantitative estimate of drug-likeness (QED) is 0.910. The lowest BCUT2D eigenvalue weighted by molar-refractivity contribution is -0.137. The van der Waals surface area contributed by atoms with E-state index in [-0.39, 0.29) is 23.5 Å². The van der Waals surface area contributed by atoms with Crippen molar-refractivity contribution in [2.75, 3.05) is 0 Å². The first kappa shape index (κ1) is 15.1. The number of carboxylic acid groups (broad SMARTS) is 1. The third-order valence-electron chi connectivity index (χ3n) is 3.21. The Morgan fingerprint density at radius 2 is 1.71 bits per heavy atom. The van der Waals surface area contributed by atoms with Crippen molar-refractivity contribution < 1.29 is 23.1 Å². The van der Waals surface area contributed by atoms with Gasteiger partial charge in [0.05, 0.1) is 6.42 Å². The van der Waals surface area contributed by atoms with Crippen molar-refractivity contribution in [3.8, 4) is 11.1 Å². The molecule has 5 heteroatoms. The van der Waals surface area contributed by atoms with Gasteiger partial charge in [-0.15, -0.1) is 0 Å². The third kappa shape index (κ3) is 3.62. The Bertz CT molecular complexity index is 663. The molecular weight excluding hydrogens is 281 g/mol. The van der Waals surface area contributed by atoms with Gasteiger partial charge in [-0.3, -0.25) is 4.79 Å². The molecule has 1 unspecified atom stereocenters. The highest BCUT2D eigenvalue weighted by Gasteiger charge is 2.14. The first-order chi connectivity index (χ1) is 9.86. The number of hydrogen-bond acceptors (Lipinski definition) is 1. The molecule has 0 saturated carbocycles. The van der Waals surface area contributed by atoms with E-state index in [9.17, 15) is 18.0 Å². The van der Waals surface area contributed by atoms with Crippen LogP contribution in [0.25, 0.3) is 11.1 Å². The van der Waals surface area contributed by atoms with Gasteiger partial charge in [0.15, 0.2) is 0 Å². The molecular formula is C16H13F3O2. The maximum absolute atomic E-state index is 13.9. The molecule has 21 heavy (non-hydrogen) atoms. The van der Waals surface area contributed by atoms with Gasteiger partial charge in [-0.1, -0.05) is 13.0 Å². The summed E-state index contributed by atoms with van der Waals surface area (Å²) in [6.07, 6.45) is -0.109. The van der Waals surface area contributed by atoms with E-state index in [4.69, 9.17) is 5.11 Å². The molecule has 0 aliphatic rings. The lowest BCUT2D eigenvalue weighted by Crippen LogP contribution is -2.03. The van der Waals surface area contributed by atoms with E-state index in [0.29, 0.717) is 11.6 Å². The zero-order valence-corrected chi connectivity index (χ0v) is 11.2. The Kier molecular flexibility index (Phi) is 4.31. The topological polar surface area (TPSA) is 37.3 Å². The molecule has 0 radical (unpaired) electrons. The number of carbonyl (C=O) groups is 1. The highest BCUT2D eigenvalue weighted by Crippen LogP contribution is 2.29. The predicted molar refractivity (Wildman–Crippen MR) is 72.4 cm³/mol. The molecule has 0 spiro atoms. The zero-order chi connectivity index (χ0) is 15.6. The lowest BCUT2D eigenvalue weighted by atomic mass is 9.93. The Hall–Kier alpha value is -2.30. The molecule has 2 aromatic carbocycles. The maximum atomic E-state index is 13.9. The van der Waals surface area contributed by atoms with E-state index in [1.54, 1.807) is 6.92 Å². The summed E-state index contributed by atoms with van der Waals surface area (Å²) in [7, 11) is 0. The van der Waals surface area contributed by atoms with Crippen LogP contribution in [0.5, 0.6) is 0 Å². The number of halogens is 3. The fraction of sp³-hybridized carbons (Fsp3) is 0.188. The summed E-state index contributed by atoms with van der Waals surface area (Å²) in [5, 5.41) is 8.79. The first-order valence-electron chi connectivity index (χ1n) is 6.34. The van der Waals surface area contributed by atoms with Crippen LogP contribution in [-0.2, 0) is 4.79 Å². The van der Waals surface area contributed by atoms with Gasteiger partial charge in [0.2, 0.25) is 0 Å². The maximum Gasteiger partial charge on any atom is 0.303 e.